The minimum Gasteiger partial charge on any atom is -0.464 e. The molecule has 0 radical (unpaired) electrons. The lowest BCUT2D eigenvalue weighted by molar-refractivity contribution is -0.149. The highest BCUT2D eigenvalue weighted by molar-refractivity contribution is 5.96. The topological polar surface area (TPSA) is 79.5 Å². The van der Waals surface area contributed by atoms with Crippen LogP contribution in [0.4, 0.5) is 0 Å². The monoisotopic (exact) mass is 278 g/mol. The van der Waals surface area contributed by atoms with E-state index in [0.29, 0.717) is 13.0 Å². The molecule has 20 heavy (non-hydrogen) atoms. The Bertz CT molecular complexity index is 552. The number of aromatic amines is 1. The van der Waals surface area contributed by atoms with Gasteiger partial charge in [0.2, 0.25) is 0 Å². The van der Waals surface area contributed by atoms with Gasteiger partial charge in [0.15, 0.2) is 5.43 Å². The summed E-state index contributed by atoms with van der Waals surface area (Å²) in [6.07, 6.45) is 5.12. The number of pyridine rings is 1. The summed E-state index contributed by atoms with van der Waals surface area (Å²) in [6.45, 7) is 2.48. The Morgan fingerprint density at radius 3 is 2.95 bits per heavy atom. The van der Waals surface area contributed by atoms with E-state index in [0.717, 1.165) is 12.8 Å². The molecule has 108 valence electrons. The lowest BCUT2D eigenvalue weighted by Gasteiger charge is -2.33. The van der Waals surface area contributed by atoms with Gasteiger partial charge < -0.3 is 14.6 Å². The van der Waals surface area contributed by atoms with Gasteiger partial charge >= 0.3 is 5.97 Å². The minimum atomic E-state index is -0.587. The Kier molecular flexibility index (Phi) is 4.55. The van der Waals surface area contributed by atoms with Crippen LogP contribution in [0, 0.1) is 0 Å². The summed E-state index contributed by atoms with van der Waals surface area (Å²) in [7, 11) is 0. The summed E-state index contributed by atoms with van der Waals surface area (Å²) < 4.78 is 5.01. The molecule has 6 heteroatoms. The van der Waals surface area contributed by atoms with Gasteiger partial charge in [-0.1, -0.05) is 0 Å². The molecule has 1 aromatic heterocycles. The molecule has 2 rings (SSSR count). The maximum Gasteiger partial charge on any atom is 0.328 e. The molecule has 1 amide bonds. The third kappa shape index (κ3) is 2.89. The number of hydrogen-bond donors (Lipinski definition) is 1. The fraction of sp³-hybridized carbons (Fsp3) is 0.500. The molecule has 0 aliphatic carbocycles. The first-order valence-electron chi connectivity index (χ1n) is 6.80. The van der Waals surface area contributed by atoms with Gasteiger partial charge in [-0.2, -0.15) is 0 Å². The van der Waals surface area contributed by atoms with Crippen LogP contribution in [0.5, 0.6) is 0 Å². The van der Waals surface area contributed by atoms with Crippen molar-refractivity contribution in [2.45, 2.75) is 32.2 Å². The molecule has 1 aliphatic rings. The van der Waals surface area contributed by atoms with Crippen LogP contribution < -0.4 is 5.43 Å². The summed E-state index contributed by atoms with van der Waals surface area (Å²) in [5.74, 6) is -0.808. The van der Waals surface area contributed by atoms with Crippen LogP contribution in [0.3, 0.4) is 0 Å². The van der Waals surface area contributed by atoms with E-state index in [1.807, 2.05) is 0 Å². The van der Waals surface area contributed by atoms with E-state index in [9.17, 15) is 14.4 Å². The minimum absolute atomic E-state index is 0.0590. The molecule has 1 aliphatic heterocycles. The number of nitrogens with one attached hydrogen (secondary N) is 1. The third-order valence-electron chi connectivity index (χ3n) is 3.38. The highest BCUT2D eigenvalue weighted by atomic mass is 16.5. The van der Waals surface area contributed by atoms with Gasteiger partial charge in [0.05, 0.1) is 6.61 Å². The Morgan fingerprint density at radius 2 is 2.25 bits per heavy atom. The number of H-pyrrole nitrogens is 1. The van der Waals surface area contributed by atoms with Gasteiger partial charge in [-0.3, -0.25) is 9.59 Å². The molecular weight excluding hydrogens is 260 g/mol. The number of aromatic nitrogens is 1. The summed E-state index contributed by atoms with van der Waals surface area (Å²) in [5, 5.41) is 0. The number of carbonyl (C=O) groups is 2. The van der Waals surface area contributed by atoms with Crippen LogP contribution in [0.25, 0.3) is 0 Å². The highest BCUT2D eigenvalue weighted by Crippen LogP contribution is 2.19. The van der Waals surface area contributed by atoms with Gasteiger partial charge in [0, 0.05) is 25.0 Å². The molecule has 0 saturated carbocycles. The highest BCUT2D eigenvalue weighted by Gasteiger charge is 2.34. The third-order valence-corrected chi connectivity index (χ3v) is 3.38. The second-order valence-electron chi connectivity index (χ2n) is 4.68. The SMILES string of the molecule is CCOC(=O)C1CCCCN1C(=O)c1c[nH]ccc1=O. The van der Waals surface area contributed by atoms with Crippen molar-refractivity contribution in [2.24, 2.45) is 0 Å². The molecule has 1 unspecified atom stereocenters. The number of amides is 1. The quantitative estimate of drug-likeness (QED) is 0.834. The number of likely N-dealkylation sites (tertiary alicyclic amines) is 1. The number of carbonyl (C=O) groups excluding carboxylic acids is 2. The molecule has 1 saturated heterocycles. The molecule has 0 spiro atoms. The van der Waals surface area contributed by atoms with Crippen molar-refractivity contribution in [2.75, 3.05) is 13.2 Å². The Balaban J connectivity index is 2.24. The summed E-state index contributed by atoms with van der Waals surface area (Å²) >= 11 is 0. The first-order valence-corrected chi connectivity index (χ1v) is 6.80. The zero-order valence-electron chi connectivity index (χ0n) is 11.4. The predicted octanol–water partition coefficient (Wildman–Crippen LogP) is 0.933. The second-order valence-corrected chi connectivity index (χ2v) is 4.68. The summed E-state index contributed by atoms with van der Waals surface area (Å²) in [4.78, 5) is 40.3. The van der Waals surface area contributed by atoms with E-state index >= 15 is 0 Å². The summed E-state index contributed by atoms with van der Waals surface area (Å²) in [5.41, 5.74) is -0.286. The molecule has 0 bridgehead atoms. The Hall–Kier alpha value is -2.11. The number of ether oxygens (including phenoxy) is 1. The van der Waals surface area contributed by atoms with E-state index < -0.39 is 17.9 Å². The standard InChI is InChI=1S/C14H18N2O4/c1-2-20-14(19)11-5-3-4-8-16(11)13(18)10-9-15-7-6-12(10)17/h6-7,9,11H,2-5,8H2,1H3,(H,15,17). The van der Waals surface area contributed by atoms with Crippen molar-refractivity contribution in [1.29, 1.82) is 0 Å². The average Bonchev–Trinajstić information content (AvgIpc) is 2.47. The molecule has 2 heterocycles. The number of rotatable bonds is 3. The number of piperidine rings is 1. The van der Waals surface area contributed by atoms with E-state index in [1.54, 1.807) is 6.92 Å². The normalized spacial score (nSPS) is 18.6. The maximum absolute atomic E-state index is 12.4. The van der Waals surface area contributed by atoms with Crippen LogP contribution in [-0.4, -0.2) is 41.0 Å². The smallest absolute Gasteiger partial charge is 0.328 e. The van der Waals surface area contributed by atoms with Crippen molar-refractivity contribution in [1.82, 2.24) is 9.88 Å². The van der Waals surface area contributed by atoms with Gasteiger partial charge in [-0.05, 0) is 26.2 Å². The first kappa shape index (κ1) is 14.3. The fourth-order valence-electron chi connectivity index (χ4n) is 2.40. The van der Waals surface area contributed by atoms with E-state index in [4.69, 9.17) is 4.74 Å². The van der Waals surface area contributed by atoms with E-state index in [-0.39, 0.29) is 17.6 Å². The number of hydrogen-bond acceptors (Lipinski definition) is 4. The molecule has 1 N–H and O–H groups in total. The second kappa shape index (κ2) is 6.36. The van der Waals surface area contributed by atoms with Crippen LogP contribution in [-0.2, 0) is 9.53 Å². The molecule has 0 aromatic carbocycles. The number of nitrogens with zero attached hydrogens (tertiary/aromatic N) is 1. The largest absolute Gasteiger partial charge is 0.464 e. The van der Waals surface area contributed by atoms with Crippen LogP contribution in [0.1, 0.15) is 36.5 Å². The van der Waals surface area contributed by atoms with Crippen molar-refractivity contribution < 1.29 is 14.3 Å². The lowest BCUT2D eigenvalue weighted by atomic mass is 10.0. The van der Waals surface area contributed by atoms with E-state index in [1.165, 1.54) is 23.4 Å². The number of esters is 1. The molecular formula is C14H18N2O4. The fourth-order valence-corrected chi connectivity index (χ4v) is 2.40. The van der Waals surface area contributed by atoms with E-state index in [2.05, 4.69) is 4.98 Å². The van der Waals surface area contributed by atoms with Crippen molar-refractivity contribution in [3.8, 4) is 0 Å². The lowest BCUT2D eigenvalue weighted by Crippen LogP contribution is -2.49. The molecule has 1 atom stereocenters. The molecule has 6 nitrogen and oxygen atoms in total. The Labute approximate surface area is 116 Å². The zero-order valence-corrected chi connectivity index (χ0v) is 11.4. The zero-order chi connectivity index (χ0) is 14.5. The van der Waals surface area contributed by atoms with Crippen molar-refractivity contribution in [3.63, 3.8) is 0 Å². The Morgan fingerprint density at radius 1 is 1.45 bits per heavy atom. The van der Waals surface area contributed by atoms with Gasteiger partial charge in [-0.15, -0.1) is 0 Å². The van der Waals surface area contributed by atoms with Gasteiger partial charge in [0.25, 0.3) is 5.91 Å². The van der Waals surface area contributed by atoms with Crippen LogP contribution >= 0.6 is 0 Å². The van der Waals surface area contributed by atoms with Crippen molar-refractivity contribution >= 4 is 11.9 Å². The predicted molar refractivity (Wildman–Crippen MR) is 72.4 cm³/mol. The van der Waals surface area contributed by atoms with Crippen LogP contribution in [0.2, 0.25) is 0 Å². The average molecular weight is 278 g/mol. The van der Waals surface area contributed by atoms with Gasteiger partial charge in [0.1, 0.15) is 11.6 Å². The molecule has 1 aromatic rings. The maximum atomic E-state index is 12.4. The van der Waals surface area contributed by atoms with Crippen molar-refractivity contribution in [3.05, 3.63) is 34.2 Å². The first-order chi connectivity index (χ1) is 9.65. The summed E-state index contributed by atoms with van der Waals surface area (Å²) in [6, 6.07) is 0.715. The van der Waals surface area contributed by atoms with Gasteiger partial charge in [-0.25, -0.2) is 4.79 Å². The molecule has 1 fully saturated rings. The van der Waals surface area contributed by atoms with Crippen LogP contribution in [0.15, 0.2) is 23.3 Å².